The molecule has 0 aliphatic heterocycles. The van der Waals surface area contributed by atoms with Gasteiger partial charge in [-0.15, -0.1) is 0 Å². The van der Waals surface area contributed by atoms with E-state index < -0.39 is 11.8 Å². The Hall–Kier alpha value is -1.43. The van der Waals surface area contributed by atoms with Crippen molar-refractivity contribution in [3.63, 3.8) is 0 Å². The van der Waals surface area contributed by atoms with Crippen molar-refractivity contribution < 1.29 is 14.3 Å². The number of hydrogen-bond donors (Lipinski definition) is 2. The van der Waals surface area contributed by atoms with Gasteiger partial charge in [0, 0.05) is 11.1 Å². The molecule has 0 saturated heterocycles. The second kappa shape index (κ2) is 3.30. The number of carboxylic acids is 1. The largest absolute Gasteiger partial charge is 0.478 e. The van der Waals surface area contributed by atoms with E-state index in [2.05, 4.69) is 26.1 Å². The molecule has 0 saturated carbocycles. The molecule has 1 aromatic heterocycles. The number of hydrogen-bond acceptors (Lipinski definition) is 2. The van der Waals surface area contributed by atoms with Crippen LogP contribution in [0.5, 0.6) is 0 Å². The third kappa shape index (κ3) is 1.41. The summed E-state index contributed by atoms with van der Waals surface area (Å²) in [6, 6.07) is 1.27. The number of carboxylic acid groups (broad SMARTS) is 1. The normalized spacial score (nSPS) is 10.9. The van der Waals surface area contributed by atoms with Crippen molar-refractivity contribution in [2.45, 2.75) is 6.92 Å². The Kier molecular flexibility index (Phi) is 2.22. The highest BCUT2D eigenvalue weighted by molar-refractivity contribution is 9.10. The van der Waals surface area contributed by atoms with Gasteiger partial charge in [0.1, 0.15) is 5.52 Å². The Balaban J connectivity index is 2.91. The summed E-state index contributed by atoms with van der Waals surface area (Å²) in [5.41, 5.74) is 0.738. The molecule has 4 nitrogen and oxygen atoms in total. The van der Waals surface area contributed by atoms with Gasteiger partial charge in [-0.25, -0.2) is 9.18 Å². The molecule has 0 aliphatic carbocycles. The summed E-state index contributed by atoms with van der Waals surface area (Å²) in [4.78, 5) is 10.8. The summed E-state index contributed by atoms with van der Waals surface area (Å²) >= 11 is 2.99. The van der Waals surface area contributed by atoms with Gasteiger partial charge in [0.15, 0.2) is 5.82 Å². The molecule has 78 valence electrons. The average molecular weight is 273 g/mol. The lowest BCUT2D eigenvalue weighted by Crippen LogP contribution is -2.01. The molecule has 0 aliphatic rings. The molecule has 0 fully saturated rings. The lowest BCUT2D eigenvalue weighted by atomic mass is 10.1. The number of carbonyl (C=O) groups is 1. The van der Waals surface area contributed by atoms with E-state index in [1.807, 2.05) is 0 Å². The first-order valence-corrected chi connectivity index (χ1v) is 4.87. The van der Waals surface area contributed by atoms with Gasteiger partial charge in [-0.05, 0) is 28.9 Å². The maximum absolute atomic E-state index is 13.5. The van der Waals surface area contributed by atoms with Crippen molar-refractivity contribution >= 4 is 32.8 Å². The summed E-state index contributed by atoms with van der Waals surface area (Å²) in [6.45, 7) is 1.74. The van der Waals surface area contributed by atoms with Crippen LogP contribution in [0.2, 0.25) is 0 Å². The molecule has 2 aromatic rings. The van der Waals surface area contributed by atoms with Crippen molar-refractivity contribution in [3.8, 4) is 0 Å². The van der Waals surface area contributed by atoms with E-state index in [0.717, 1.165) is 0 Å². The minimum absolute atomic E-state index is 0.0711. The fourth-order valence-corrected chi connectivity index (χ4v) is 1.88. The second-order valence-corrected chi connectivity index (χ2v) is 3.90. The highest BCUT2D eigenvalue weighted by Gasteiger charge is 2.18. The number of nitrogens with one attached hydrogen (secondary N) is 1. The van der Waals surface area contributed by atoms with Crippen LogP contribution in [0.25, 0.3) is 10.9 Å². The summed E-state index contributed by atoms with van der Waals surface area (Å²) in [7, 11) is 0. The molecule has 6 heteroatoms. The third-order valence-electron chi connectivity index (χ3n) is 2.15. The number of fused-ring (bicyclic) bond motifs is 1. The molecule has 0 amide bonds. The van der Waals surface area contributed by atoms with E-state index in [-0.39, 0.29) is 10.0 Å². The van der Waals surface area contributed by atoms with Crippen molar-refractivity contribution in [3.05, 3.63) is 27.6 Å². The van der Waals surface area contributed by atoms with E-state index in [1.165, 1.54) is 6.07 Å². The van der Waals surface area contributed by atoms with Crippen LogP contribution < -0.4 is 0 Å². The molecular weight excluding hydrogens is 267 g/mol. The Morgan fingerprint density at radius 1 is 1.67 bits per heavy atom. The minimum atomic E-state index is -1.30. The van der Waals surface area contributed by atoms with E-state index in [0.29, 0.717) is 16.6 Å². The van der Waals surface area contributed by atoms with Crippen molar-refractivity contribution in [1.29, 1.82) is 0 Å². The SMILES string of the molecule is Cc1[nH]nc2c(Br)c(F)c(C(=O)O)cc12. The third-order valence-corrected chi connectivity index (χ3v) is 2.87. The van der Waals surface area contributed by atoms with E-state index in [1.54, 1.807) is 6.92 Å². The summed E-state index contributed by atoms with van der Waals surface area (Å²) < 4.78 is 13.6. The highest BCUT2D eigenvalue weighted by Crippen LogP contribution is 2.29. The number of halogens is 2. The molecule has 2 rings (SSSR count). The molecule has 0 atom stereocenters. The van der Waals surface area contributed by atoms with E-state index in [4.69, 9.17) is 5.11 Å². The number of rotatable bonds is 1. The van der Waals surface area contributed by atoms with Crippen LogP contribution in [-0.2, 0) is 0 Å². The van der Waals surface area contributed by atoms with E-state index >= 15 is 0 Å². The zero-order chi connectivity index (χ0) is 11.2. The zero-order valence-electron chi connectivity index (χ0n) is 7.64. The first-order chi connectivity index (χ1) is 7.02. The zero-order valence-corrected chi connectivity index (χ0v) is 9.22. The van der Waals surface area contributed by atoms with E-state index in [9.17, 15) is 9.18 Å². The van der Waals surface area contributed by atoms with Crippen LogP contribution in [0.15, 0.2) is 10.5 Å². The average Bonchev–Trinajstić information content (AvgIpc) is 2.53. The minimum Gasteiger partial charge on any atom is -0.478 e. The summed E-state index contributed by atoms with van der Waals surface area (Å²) in [6.07, 6.45) is 0. The Morgan fingerprint density at radius 2 is 2.33 bits per heavy atom. The fraction of sp³-hybridized carbons (Fsp3) is 0.111. The molecule has 15 heavy (non-hydrogen) atoms. The van der Waals surface area contributed by atoms with Gasteiger partial charge < -0.3 is 5.11 Å². The van der Waals surface area contributed by atoms with Crippen molar-refractivity contribution in [1.82, 2.24) is 10.2 Å². The summed E-state index contributed by atoms with van der Waals surface area (Å²) in [5, 5.41) is 15.9. The van der Waals surface area contributed by atoms with Crippen LogP contribution >= 0.6 is 15.9 Å². The van der Waals surface area contributed by atoms with Crippen molar-refractivity contribution in [2.75, 3.05) is 0 Å². The molecular formula is C9H6BrFN2O2. The predicted octanol–water partition coefficient (Wildman–Crippen LogP) is 2.47. The molecule has 0 unspecified atom stereocenters. The lowest BCUT2D eigenvalue weighted by Gasteiger charge is -2.01. The number of aromatic nitrogens is 2. The second-order valence-electron chi connectivity index (χ2n) is 3.10. The molecule has 0 spiro atoms. The topological polar surface area (TPSA) is 66.0 Å². The van der Waals surface area contributed by atoms with Crippen LogP contribution in [0.4, 0.5) is 4.39 Å². The van der Waals surface area contributed by atoms with Gasteiger partial charge in [-0.1, -0.05) is 0 Å². The number of nitrogens with zero attached hydrogens (tertiary/aromatic N) is 1. The van der Waals surface area contributed by atoms with Gasteiger partial charge in [0.25, 0.3) is 0 Å². The smallest absolute Gasteiger partial charge is 0.338 e. The number of aromatic amines is 1. The first-order valence-electron chi connectivity index (χ1n) is 4.08. The number of benzene rings is 1. The van der Waals surface area contributed by atoms with Gasteiger partial charge in [-0.2, -0.15) is 5.10 Å². The molecule has 2 N–H and O–H groups in total. The maximum Gasteiger partial charge on any atom is 0.338 e. The number of aromatic carboxylic acids is 1. The van der Waals surface area contributed by atoms with Gasteiger partial charge in [-0.3, -0.25) is 5.10 Å². The van der Waals surface area contributed by atoms with Crippen LogP contribution in [0.1, 0.15) is 16.1 Å². The Morgan fingerprint density at radius 3 is 2.93 bits per heavy atom. The highest BCUT2D eigenvalue weighted by atomic mass is 79.9. The lowest BCUT2D eigenvalue weighted by molar-refractivity contribution is 0.0692. The predicted molar refractivity (Wildman–Crippen MR) is 55.4 cm³/mol. The van der Waals surface area contributed by atoms with Crippen LogP contribution in [0, 0.1) is 12.7 Å². The molecule has 1 heterocycles. The Bertz CT molecular complexity index is 565. The molecule has 0 bridgehead atoms. The maximum atomic E-state index is 13.5. The first kappa shape index (κ1) is 10.1. The molecule has 1 aromatic carbocycles. The number of H-pyrrole nitrogens is 1. The van der Waals surface area contributed by atoms with Gasteiger partial charge >= 0.3 is 5.97 Å². The van der Waals surface area contributed by atoms with Crippen LogP contribution in [-0.4, -0.2) is 21.3 Å². The van der Waals surface area contributed by atoms with Crippen molar-refractivity contribution in [2.24, 2.45) is 0 Å². The fourth-order valence-electron chi connectivity index (χ4n) is 1.37. The standard InChI is InChI=1S/C9H6BrFN2O2/c1-3-4-2-5(9(14)15)7(11)6(10)8(4)13-12-3/h2H,1H3,(H,12,13)(H,14,15). The van der Waals surface area contributed by atoms with Crippen LogP contribution in [0.3, 0.4) is 0 Å². The number of aryl methyl sites for hydroxylation is 1. The quantitative estimate of drug-likeness (QED) is 0.838. The summed E-state index contributed by atoms with van der Waals surface area (Å²) in [5.74, 6) is -2.10. The Labute approximate surface area is 92.2 Å². The van der Waals surface area contributed by atoms with Gasteiger partial charge in [0.2, 0.25) is 0 Å². The monoisotopic (exact) mass is 272 g/mol. The molecule has 0 radical (unpaired) electrons. The van der Waals surface area contributed by atoms with Gasteiger partial charge in [0.05, 0.1) is 10.0 Å².